The lowest BCUT2D eigenvalue weighted by Crippen LogP contribution is -2.41. The predicted molar refractivity (Wildman–Crippen MR) is 87.3 cm³/mol. The van der Waals surface area contributed by atoms with E-state index in [9.17, 15) is 18.0 Å². The SMILES string of the molecule is CC(C)(C)OC(=O)N1CCC(c2cc(OC(F)(F)F)ccc2N)CC1. The van der Waals surface area contributed by atoms with Gasteiger partial charge in [0.15, 0.2) is 0 Å². The van der Waals surface area contributed by atoms with Crippen molar-refractivity contribution in [2.24, 2.45) is 0 Å². The van der Waals surface area contributed by atoms with E-state index in [1.807, 2.05) is 0 Å². The van der Waals surface area contributed by atoms with Crippen LogP contribution in [-0.2, 0) is 4.74 Å². The molecule has 0 saturated carbocycles. The van der Waals surface area contributed by atoms with E-state index in [2.05, 4.69) is 4.74 Å². The van der Waals surface area contributed by atoms with Crippen molar-refractivity contribution in [3.8, 4) is 5.75 Å². The molecule has 0 unspecified atom stereocenters. The minimum Gasteiger partial charge on any atom is -0.444 e. The van der Waals surface area contributed by atoms with Crippen LogP contribution in [0.4, 0.5) is 23.7 Å². The van der Waals surface area contributed by atoms with Crippen LogP contribution in [0.5, 0.6) is 5.75 Å². The summed E-state index contributed by atoms with van der Waals surface area (Å²) in [6.07, 6.45) is -3.93. The first kappa shape index (κ1) is 19.2. The van der Waals surface area contributed by atoms with E-state index in [4.69, 9.17) is 10.5 Å². The van der Waals surface area contributed by atoms with Crippen molar-refractivity contribution < 1.29 is 27.4 Å². The lowest BCUT2D eigenvalue weighted by atomic mass is 9.88. The maximum atomic E-state index is 12.4. The van der Waals surface area contributed by atoms with Crippen LogP contribution in [0.15, 0.2) is 18.2 Å². The minimum absolute atomic E-state index is 0.0320. The van der Waals surface area contributed by atoms with Gasteiger partial charge in [-0.2, -0.15) is 0 Å². The fraction of sp³-hybridized carbons (Fsp3) is 0.588. The molecule has 1 amide bonds. The number of likely N-dealkylation sites (tertiary alicyclic amines) is 1. The van der Waals surface area contributed by atoms with Crippen LogP contribution in [0, 0.1) is 0 Å². The molecule has 1 aliphatic rings. The number of hydrogen-bond acceptors (Lipinski definition) is 4. The molecule has 2 rings (SSSR count). The molecule has 1 aliphatic heterocycles. The first-order valence-corrected chi connectivity index (χ1v) is 8.08. The molecule has 8 heteroatoms. The Labute approximate surface area is 144 Å². The van der Waals surface area contributed by atoms with Crippen LogP contribution in [0.1, 0.15) is 45.1 Å². The van der Waals surface area contributed by atoms with Crippen molar-refractivity contribution in [2.75, 3.05) is 18.8 Å². The maximum Gasteiger partial charge on any atom is 0.573 e. The third-order valence-corrected chi connectivity index (χ3v) is 3.88. The minimum atomic E-state index is -4.74. The molecule has 0 aliphatic carbocycles. The molecule has 1 aromatic rings. The third-order valence-electron chi connectivity index (χ3n) is 3.88. The summed E-state index contributed by atoms with van der Waals surface area (Å²) in [6, 6.07) is 3.94. The summed E-state index contributed by atoms with van der Waals surface area (Å²) >= 11 is 0. The van der Waals surface area contributed by atoms with Gasteiger partial charge in [-0.05, 0) is 63.3 Å². The Morgan fingerprint density at radius 3 is 2.32 bits per heavy atom. The number of carbonyl (C=O) groups excluding carboxylic acids is 1. The van der Waals surface area contributed by atoms with Crippen LogP contribution >= 0.6 is 0 Å². The molecule has 0 radical (unpaired) electrons. The molecule has 0 aromatic heterocycles. The lowest BCUT2D eigenvalue weighted by Gasteiger charge is -2.34. The molecule has 2 N–H and O–H groups in total. The van der Waals surface area contributed by atoms with Gasteiger partial charge in [0.2, 0.25) is 0 Å². The van der Waals surface area contributed by atoms with Gasteiger partial charge < -0.3 is 20.1 Å². The largest absolute Gasteiger partial charge is 0.573 e. The summed E-state index contributed by atoms with van der Waals surface area (Å²) in [5, 5.41) is 0. The Balaban J connectivity index is 2.03. The second-order valence-electron chi connectivity index (χ2n) is 7.08. The molecule has 1 fully saturated rings. The van der Waals surface area contributed by atoms with Gasteiger partial charge in [-0.3, -0.25) is 0 Å². The number of hydrogen-bond donors (Lipinski definition) is 1. The summed E-state index contributed by atoms with van der Waals surface area (Å²) in [7, 11) is 0. The molecular weight excluding hydrogens is 337 g/mol. The molecule has 140 valence electrons. The van der Waals surface area contributed by atoms with Crippen LogP contribution < -0.4 is 10.5 Å². The highest BCUT2D eigenvalue weighted by atomic mass is 19.4. The maximum absolute atomic E-state index is 12.4. The van der Waals surface area contributed by atoms with Crippen molar-refractivity contribution in [3.05, 3.63) is 23.8 Å². The van der Waals surface area contributed by atoms with Crippen molar-refractivity contribution in [1.29, 1.82) is 0 Å². The molecule has 0 bridgehead atoms. The molecule has 5 nitrogen and oxygen atoms in total. The highest BCUT2D eigenvalue weighted by Crippen LogP contribution is 2.35. The average Bonchev–Trinajstić information content (AvgIpc) is 2.46. The molecule has 0 atom stereocenters. The molecule has 1 aromatic carbocycles. The quantitative estimate of drug-likeness (QED) is 0.800. The molecular formula is C17H23F3N2O3. The first-order chi connectivity index (χ1) is 11.4. The number of halogens is 3. The van der Waals surface area contributed by atoms with Gasteiger partial charge in [0.1, 0.15) is 11.4 Å². The van der Waals surface area contributed by atoms with Gasteiger partial charge in [-0.1, -0.05) is 0 Å². The zero-order valence-corrected chi connectivity index (χ0v) is 14.5. The second kappa shape index (κ2) is 7.01. The summed E-state index contributed by atoms with van der Waals surface area (Å²) in [4.78, 5) is 13.7. The number of anilines is 1. The average molecular weight is 360 g/mol. The number of nitrogens with zero attached hydrogens (tertiary/aromatic N) is 1. The van der Waals surface area contributed by atoms with Crippen molar-refractivity contribution in [2.45, 2.75) is 51.5 Å². The van der Waals surface area contributed by atoms with E-state index < -0.39 is 12.0 Å². The summed E-state index contributed by atoms with van der Waals surface area (Å²) in [5.74, 6) is -0.318. The van der Waals surface area contributed by atoms with Crippen LogP contribution in [0.2, 0.25) is 0 Å². The highest BCUT2D eigenvalue weighted by Gasteiger charge is 2.32. The number of nitrogens with two attached hydrogens (primary N) is 1. The van der Waals surface area contributed by atoms with Gasteiger partial charge in [0.05, 0.1) is 0 Å². The number of amides is 1. The van der Waals surface area contributed by atoms with Gasteiger partial charge >= 0.3 is 12.5 Å². The van der Waals surface area contributed by atoms with E-state index in [0.29, 0.717) is 37.2 Å². The normalized spacial score (nSPS) is 16.6. The Bertz CT molecular complexity index is 619. The van der Waals surface area contributed by atoms with Gasteiger partial charge in [0.25, 0.3) is 0 Å². The smallest absolute Gasteiger partial charge is 0.444 e. The van der Waals surface area contributed by atoms with Crippen LogP contribution in [0.3, 0.4) is 0 Å². The Morgan fingerprint density at radius 1 is 1.20 bits per heavy atom. The predicted octanol–water partition coefficient (Wildman–Crippen LogP) is 4.28. The second-order valence-corrected chi connectivity index (χ2v) is 7.08. The van der Waals surface area contributed by atoms with E-state index >= 15 is 0 Å². The van der Waals surface area contributed by atoms with Crippen LogP contribution in [0.25, 0.3) is 0 Å². The number of ether oxygens (including phenoxy) is 2. The van der Waals surface area contributed by atoms with E-state index in [1.165, 1.54) is 18.2 Å². The Morgan fingerprint density at radius 2 is 1.80 bits per heavy atom. The summed E-state index contributed by atoms with van der Waals surface area (Å²) in [5.41, 5.74) is 6.39. The van der Waals surface area contributed by atoms with Gasteiger partial charge in [-0.15, -0.1) is 13.2 Å². The number of nitrogen functional groups attached to an aromatic ring is 1. The van der Waals surface area contributed by atoms with Crippen molar-refractivity contribution in [3.63, 3.8) is 0 Å². The summed E-state index contributed by atoms with van der Waals surface area (Å²) in [6.45, 7) is 6.31. The fourth-order valence-electron chi connectivity index (χ4n) is 2.80. The molecule has 0 spiro atoms. The van der Waals surface area contributed by atoms with Crippen molar-refractivity contribution >= 4 is 11.8 Å². The van der Waals surface area contributed by atoms with Crippen molar-refractivity contribution in [1.82, 2.24) is 4.90 Å². The lowest BCUT2D eigenvalue weighted by molar-refractivity contribution is -0.274. The zero-order valence-electron chi connectivity index (χ0n) is 14.5. The molecule has 25 heavy (non-hydrogen) atoms. The Kier molecular flexibility index (Phi) is 5.39. The fourth-order valence-corrected chi connectivity index (χ4v) is 2.80. The zero-order chi connectivity index (χ0) is 18.8. The van der Waals surface area contributed by atoms with E-state index in [0.717, 1.165) is 0 Å². The number of piperidine rings is 1. The van der Waals surface area contributed by atoms with Gasteiger partial charge in [-0.25, -0.2) is 4.79 Å². The Hall–Kier alpha value is -2.12. The topological polar surface area (TPSA) is 64.8 Å². The third kappa shape index (κ3) is 5.72. The summed E-state index contributed by atoms with van der Waals surface area (Å²) < 4.78 is 46.4. The standard InChI is InChI=1S/C17H23F3N2O3/c1-16(2,3)25-15(23)22-8-6-11(7-9-22)13-10-12(4-5-14(13)21)24-17(18,19)20/h4-5,10-11H,6-9,21H2,1-3H3. The van der Waals surface area contributed by atoms with Gasteiger partial charge in [0, 0.05) is 18.8 Å². The monoisotopic (exact) mass is 360 g/mol. The number of benzene rings is 1. The molecule has 1 heterocycles. The van der Waals surface area contributed by atoms with Crippen LogP contribution in [-0.4, -0.2) is 36.0 Å². The number of carbonyl (C=O) groups is 1. The first-order valence-electron chi connectivity index (χ1n) is 8.08. The number of rotatable bonds is 2. The van der Waals surface area contributed by atoms with E-state index in [1.54, 1.807) is 25.7 Å². The van der Waals surface area contributed by atoms with E-state index in [-0.39, 0.29) is 17.8 Å². The molecule has 1 saturated heterocycles. The highest BCUT2D eigenvalue weighted by molar-refractivity contribution is 5.68. The number of alkyl halides is 3.